The second kappa shape index (κ2) is 11.9. The summed E-state index contributed by atoms with van der Waals surface area (Å²) in [5.41, 5.74) is 0.505. The number of carbonyl (C=O) groups is 2. The van der Waals surface area contributed by atoms with E-state index in [1.165, 1.54) is 0 Å². The molecule has 30 heavy (non-hydrogen) atoms. The molecule has 1 aliphatic carbocycles. The molecule has 0 aliphatic heterocycles. The summed E-state index contributed by atoms with van der Waals surface area (Å²) in [5, 5.41) is 6.56. The maximum Gasteiger partial charge on any atom is 0.407 e. The molecule has 0 unspecified atom stereocenters. The van der Waals surface area contributed by atoms with E-state index in [1.807, 2.05) is 63.1 Å². The fourth-order valence-corrected chi connectivity index (χ4v) is 3.58. The Labute approximate surface area is 180 Å². The van der Waals surface area contributed by atoms with Crippen molar-refractivity contribution in [3.63, 3.8) is 0 Å². The van der Waals surface area contributed by atoms with Crippen molar-refractivity contribution in [2.75, 3.05) is 26.7 Å². The minimum absolute atomic E-state index is 0.0539. The summed E-state index contributed by atoms with van der Waals surface area (Å²) in [7, 11) is 1.91. The molecule has 7 heteroatoms. The maximum absolute atomic E-state index is 12.2. The van der Waals surface area contributed by atoms with Crippen molar-refractivity contribution in [3.05, 3.63) is 35.9 Å². The first-order chi connectivity index (χ1) is 14.2. The molecule has 1 aliphatic rings. The number of nitrogens with one attached hydrogen (secondary N) is 2. The summed E-state index contributed by atoms with van der Waals surface area (Å²) >= 11 is 0. The summed E-state index contributed by atoms with van der Waals surface area (Å²) in [5.74, 6) is -0.219. The van der Waals surface area contributed by atoms with Gasteiger partial charge in [0.05, 0.1) is 6.54 Å². The molecule has 0 radical (unpaired) electrons. The molecule has 2 rings (SSSR count). The third-order valence-electron chi connectivity index (χ3n) is 5.00. The second-order valence-corrected chi connectivity index (χ2v) is 8.98. The molecule has 2 N–H and O–H groups in total. The van der Waals surface area contributed by atoms with Crippen LogP contribution in [0.5, 0.6) is 0 Å². The largest absolute Gasteiger partial charge is 0.459 e. The van der Waals surface area contributed by atoms with Crippen LogP contribution in [0.15, 0.2) is 30.3 Å². The lowest BCUT2D eigenvalue weighted by molar-refractivity contribution is -0.155. The van der Waals surface area contributed by atoms with Crippen LogP contribution in [0.4, 0.5) is 4.79 Å². The molecule has 7 nitrogen and oxygen atoms in total. The van der Waals surface area contributed by atoms with Crippen molar-refractivity contribution < 1.29 is 19.1 Å². The zero-order valence-electron chi connectivity index (χ0n) is 18.8. The minimum Gasteiger partial charge on any atom is -0.459 e. The van der Waals surface area contributed by atoms with Crippen molar-refractivity contribution in [2.45, 2.75) is 70.7 Å². The number of amides is 1. The van der Waals surface area contributed by atoms with Crippen LogP contribution in [0.25, 0.3) is 0 Å². The molecule has 1 fully saturated rings. The van der Waals surface area contributed by atoms with Crippen molar-refractivity contribution in [3.8, 4) is 0 Å². The van der Waals surface area contributed by atoms with Crippen LogP contribution in [0, 0.1) is 0 Å². The average Bonchev–Trinajstić information content (AvgIpc) is 2.67. The van der Waals surface area contributed by atoms with Crippen LogP contribution in [-0.2, 0) is 20.9 Å². The molecule has 0 bridgehead atoms. The van der Waals surface area contributed by atoms with Gasteiger partial charge in [0.25, 0.3) is 0 Å². The highest BCUT2D eigenvalue weighted by atomic mass is 16.6. The number of rotatable bonds is 9. The average molecular weight is 420 g/mol. The van der Waals surface area contributed by atoms with Crippen molar-refractivity contribution >= 4 is 12.1 Å². The molecule has 2 atom stereocenters. The Bertz CT molecular complexity index is 660. The maximum atomic E-state index is 12.2. The number of esters is 1. The number of alkyl carbamates (subject to hydrolysis) is 1. The lowest BCUT2D eigenvalue weighted by atomic mass is 9.90. The van der Waals surface area contributed by atoms with Gasteiger partial charge in [-0.1, -0.05) is 43.2 Å². The highest BCUT2D eigenvalue weighted by molar-refractivity contribution is 5.72. The Hall–Kier alpha value is -2.12. The molecule has 0 saturated heterocycles. The molecule has 0 heterocycles. The summed E-state index contributed by atoms with van der Waals surface area (Å²) in [4.78, 5) is 26.1. The van der Waals surface area contributed by atoms with E-state index in [0.29, 0.717) is 0 Å². The Balaban J connectivity index is 1.70. The van der Waals surface area contributed by atoms with E-state index in [4.69, 9.17) is 9.47 Å². The van der Waals surface area contributed by atoms with Gasteiger partial charge in [-0.15, -0.1) is 0 Å². The van der Waals surface area contributed by atoms with Gasteiger partial charge >= 0.3 is 12.1 Å². The van der Waals surface area contributed by atoms with E-state index in [1.54, 1.807) is 0 Å². The summed E-state index contributed by atoms with van der Waals surface area (Å²) in [6, 6.07) is 9.93. The van der Waals surface area contributed by atoms with E-state index in [-0.39, 0.29) is 37.3 Å². The van der Waals surface area contributed by atoms with Gasteiger partial charge in [0.15, 0.2) is 0 Å². The molecule has 1 amide bonds. The molecule has 1 saturated carbocycles. The number of hydrogen-bond acceptors (Lipinski definition) is 6. The van der Waals surface area contributed by atoms with Crippen molar-refractivity contribution in [2.24, 2.45) is 0 Å². The SMILES string of the molecule is CN(CCN[C@H]1CCCC[C@H]1NC(=O)OCc1ccccc1)CC(=O)OC(C)(C)C. The fourth-order valence-electron chi connectivity index (χ4n) is 3.58. The van der Waals surface area contributed by atoms with Gasteiger partial charge in [-0.2, -0.15) is 0 Å². The molecule has 168 valence electrons. The van der Waals surface area contributed by atoms with E-state index in [9.17, 15) is 9.59 Å². The van der Waals surface area contributed by atoms with Gasteiger partial charge in [0.2, 0.25) is 0 Å². The lowest BCUT2D eigenvalue weighted by Gasteiger charge is -2.33. The second-order valence-electron chi connectivity index (χ2n) is 8.98. The lowest BCUT2D eigenvalue weighted by Crippen LogP contribution is -2.52. The Kier molecular flexibility index (Phi) is 9.59. The molecular weight excluding hydrogens is 382 g/mol. The first-order valence-corrected chi connectivity index (χ1v) is 10.8. The van der Waals surface area contributed by atoms with Gasteiger partial charge < -0.3 is 20.1 Å². The zero-order chi connectivity index (χ0) is 22.0. The van der Waals surface area contributed by atoms with Gasteiger partial charge in [-0.05, 0) is 46.2 Å². The molecule has 0 aromatic heterocycles. The van der Waals surface area contributed by atoms with Gasteiger partial charge in [0, 0.05) is 25.2 Å². The van der Waals surface area contributed by atoms with Crippen molar-refractivity contribution in [1.29, 1.82) is 0 Å². The Morgan fingerprint density at radius 1 is 1.10 bits per heavy atom. The predicted octanol–water partition coefficient (Wildman–Crippen LogP) is 3.09. The molecule has 1 aromatic rings. The van der Waals surface area contributed by atoms with Crippen LogP contribution in [0.1, 0.15) is 52.0 Å². The van der Waals surface area contributed by atoms with Gasteiger partial charge in [0.1, 0.15) is 12.2 Å². The number of nitrogens with zero attached hydrogens (tertiary/aromatic N) is 1. The minimum atomic E-state index is -0.466. The Morgan fingerprint density at radius 2 is 1.77 bits per heavy atom. The third kappa shape index (κ3) is 9.59. The highest BCUT2D eigenvalue weighted by Gasteiger charge is 2.26. The first-order valence-electron chi connectivity index (χ1n) is 10.8. The Morgan fingerprint density at radius 3 is 2.43 bits per heavy atom. The predicted molar refractivity (Wildman–Crippen MR) is 117 cm³/mol. The molecule has 1 aromatic carbocycles. The van der Waals surface area contributed by atoms with E-state index in [0.717, 1.165) is 44.3 Å². The molecule has 0 spiro atoms. The third-order valence-corrected chi connectivity index (χ3v) is 5.00. The topological polar surface area (TPSA) is 79.9 Å². The fraction of sp³-hybridized carbons (Fsp3) is 0.652. The van der Waals surface area contributed by atoms with Crippen LogP contribution in [0.3, 0.4) is 0 Å². The number of ether oxygens (including phenoxy) is 2. The smallest absolute Gasteiger partial charge is 0.407 e. The quantitative estimate of drug-likeness (QED) is 0.599. The van der Waals surface area contributed by atoms with E-state index >= 15 is 0 Å². The van der Waals surface area contributed by atoms with Crippen LogP contribution < -0.4 is 10.6 Å². The van der Waals surface area contributed by atoms with Gasteiger partial charge in [-0.25, -0.2) is 4.79 Å². The van der Waals surface area contributed by atoms with Crippen LogP contribution in [-0.4, -0.2) is 61.3 Å². The number of hydrogen-bond donors (Lipinski definition) is 2. The van der Waals surface area contributed by atoms with E-state index in [2.05, 4.69) is 10.6 Å². The normalized spacial score (nSPS) is 19.4. The summed E-state index contributed by atoms with van der Waals surface area (Å²) in [6.07, 6.45) is 3.81. The monoisotopic (exact) mass is 419 g/mol. The summed E-state index contributed by atoms with van der Waals surface area (Å²) in [6.45, 7) is 7.60. The van der Waals surface area contributed by atoms with Crippen molar-refractivity contribution in [1.82, 2.24) is 15.5 Å². The number of benzene rings is 1. The number of likely N-dealkylation sites (N-methyl/N-ethyl adjacent to an activating group) is 1. The summed E-state index contributed by atoms with van der Waals surface area (Å²) < 4.78 is 10.7. The van der Waals surface area contributed by atoms with Crippen LogP contribution >= 0.6 is 0 Å². The van der Waals surface area contributed by atoms with Crippen LogP contribution in [0.2, 0.25) is 0 Å². The first kappa shape index (κ1) is 24.2. The number of carbonyl (C=O) groups excluding carboxylic acids is 2. The zero-order valence-corrected chi connectivity index (χ0v) is 18.8. The molecular formula is C23H37N3O4. The highest BCUT2D eigenvalue weighted by Crippen LogP contribution is 2.19. The van der Waals surface area contributed by atoms with Gasteiger partial charge in [-0.3, -0.25) is 9.69 Å². The standard InChI is InChI=1S/C23H37N3O4/c1-23(2,3)30-21(27)16-26(4)15-14-24-19-12-8-9-13-20(19)25-22(28)29-17-18-10-6-5-7-11-18/h5-7,10-11,19-20,24H,8-9,12-17H2,1-4H3,(H,25,28)/t19-,20+/m0/s1. The van der Waals surface area contributed by atoms with E-state index < -0.39 is 5.60 Å².